The minimum absolute atomic E-state index is 0.0737. The van der Waals surface area contributed by atoms with Crippen LogP contribution in [0.1, 0.15) is 44.4 Å². The van der Waals surface area contributed by atoms with Crippen LogP contribution in [0.25, 0.3) is 11.0 Å². The van der Waals surface area contributed by atoms with E-state index in [0.29, 0.717) is 5.92 Å². The molecule has 2 amide bonds. The second kappa shape index (κ2) is 7.26. The lowest BCUT2D eigenvalue weighted by Gasteiger charge is -2.34. The third-order valence-corrected chi connectivity index (χ3v) is 5.15. The van der Waals surface area contributed by atoms with Gasteiger partial charge in [-0.25, -0.2) is 4.79 Å². The first kappa shape index (κ1) is 16.8. The highest BCUT2D eigenvalue weighted by Gasteiger charge is 2.27. The number of carbonyl (C=O) groups is 1. The maximum Gasteiger partial charge on any atom is 0.317 e. The molecule has 1 aliphatic rings. The highest BCUT2D eigenvalue weighted by molar-refractivity contribution is 5.78. The molecule has 1 aromatic heterocycles. The zero-order chi connectivity index (χ0) is 17.1. The number of hydrogen-bond donors (Lipinski definition) is 2. The van der Waals surface area contributed by atoms with Crippen molar-refractivity contribution >= 4 is 17.0 Å². The van der Waals surface area contributed by atoms with Gasteiger partial charge in [0.1, 0.15) is 11.3 Å². The van der Waals surface area contributed by atoms with Crippen molar-refractivity contribution in [3.63, 3.8) is 0 Å². The van der Waals surface area contributed by atoms with E-state index in [-0.39, 0.29) is 24.7 Å². The Labute approximate surface area is 142 Å². The molecule has 1 heterocycles. The van der Waals surface area contributed by atoms with Gasteiger partial charge in [-0.1, -0.05) is 18.2 Å². The Morgan fingerprint density at radius 2 is 2.04 bits per heavy atom. The Kier molecular flexibility index (Phi) is 5.09. The van der Waals surface area contributed by atoms with Crippen LogP contribution in [-0.2, 0) is 0 Å². The number of rotatable bonds is 4. The highest BCUT2D eigenvalue weighted by Crippen LogP contribution is 2.27. The number of para-hydroxylation sites is 1. The fourth-order valence-corrected chi connectivity index (χ4v) is 3.45. The second-order valence-corrected chi connectivity index (χ2v) is 6.83. The van der Waals surface area contributed by atoms with E-state index in [1.807, 2.05) is 44.3 Å². The van der Waals surface area contributed by atoms with Crippen LogP contribution < -0.4 is 5.32 Å². The Hall–Kier alpha value is -2.01. The molecule has 2 aromatic rings. The highest BCUT2D eigenvalue weighted by atomic mass is 16.3. The van der Waals surface area contributed by atoms with E-state index in [4.69, 9.17) is 4.42 Å². The van der Waals surface area contributed by atoms with Crippen LogP contribution in [0.3, 0.4) is 0 Å². The summed E-state index contributed by atoms with van der Waals surface area (Å²) in [6.45, 7) is 2.19. The molecule has 5 heteroatoms. The number of aliphatic hydroxyl groups excluding tert-OH is 1. The molecule has 24 heavy (non-hydrogen) atoms. The van der Waals surface area contributed by atoms with Crippen molar-refractivity contribution in [1.82, 2.24) is 10.2 Å². The van der Waals surface area contributed by atoms with Crippen LogP contribution >= 0.6 is 0 Å². The predicted molar refractivity (Wildman–Crippen MR) is 93.8 cm³/mol. The van der Waals surface area contributed by atoms with E-state index in [0.717, 1.165) is 42.4 Å². The molecule has 0 saturated heterocycles. The Balaban J connectivity index is 1.59. The average molecular weight is 330 g/mol. The summed E-state index contributed by atoms with van der Waals surface area (Å²) in [5, 5.41) is 13.3. The first-order chi connectivity index (χ1) is 11.6. The van der Waals surface area contributed by atoms with Gasteiger partial charge in [-0.05, 0) is 50.7 Å². The van der Waals surface area contributed by atoms with E-state index in [1.54, 1.807) is 4.90 Å². The third kappa shape index (κ3) is 3.56. The van der Waals surface area contributed by atoms with E-state index in [2.05, 4.69) is 5.32 Å². The van der Waals surface area contributed by atoms with Gasteiger partial charge in [0.05, 0.1) is 6.04 Å². The maximum absolute atomic E-state index is 12.5. The van der Waals surface area contributed by atoms with Crippen molar-refractivity contribution in [3.05, 3.63) is 36.1 Å². The van der Waals surface area contributed by atoms with Gasteiger partial charge >= 0.3 is 6.03 Å². The molecule has 0 spiro atoms. The van der Waals surface area contributed by atoms with Gasteiger partial charge in [0, 0.05) is 25.1 Å². The van der Waals surface area contributed by atoms with Gasteiger partial charge in [0.25, 0.3) is 0 Å². The van der Waals surface area contributed by atoms with Crippen molar-refractivity contribution in [2.75, 3.05) is 13.7 Å². The van der Waals surface area contributed by atoms with Crippen molar-refractivity contribution in [3.8, 4) is 0 Å². The molecule has 2 N–H and O–H groups in total. The fraction of sp³-hybridized carbons (Fsp3) is 0.526. The fourth-order valence-electron chi connectivity index (χ4n) is 3.45. The molecule has 0 radical (unpaired) electrons. The van der Waals surface area contributed by atoms with Crippen LogP contribution in [0.2, 0.25) is 0 Å². The second-order valence-electron chi connectivity index (χ2n) is 6.83. The summed E-state index contributed by atoms with van der Waals surface area (Å²) in [7, 11) is 1.85. The lowest BCUT2D eigenvalue weighted by molar-refractivity contribution is 0.132. The zero-order valence-electron chi connectivity index (χ0n) is 14.4. The van der Waals surface area contributed by atoms with Crippen molar-refractivity contribution in [2.45, 2.75) is 44.7 Å². The lowest BCUT2D eigenvalue weighted by atomic mass is 9.86. The maximum atomic E-state index is 12.5. The van der Waals surface area contributed by atoms with Gasteiger partial charge in [-0.15, -0.1) is 0 Å². The number of hydrogen-bond acceptors (Lipinski definition) is 3. The first-order valence-electron chi connectivity index (χ1n) is 8.71. The van der Waals surface area contributed by atoms with Crippen molar-refractivity contribution in [1.29, 1.82) is 0 Å². The number of urea groups is 1. The molecular weight excluding hydrogens is 304 g/mol. The van der Waals surface area contributed by atoms with E-state index in [1.165, 1.54) is 0 Å². The molecule has 1 fully saturated rings. The third-order valence-electron chi connectivity index (χ3n) is 5.15. The molecule has 1 aliphatic carbocycles. The Morgan fingerprint density at radius 3 is 2.71 bits per heavy atom. The summed E-state index contributed by atoms with van der Waals surface area (Å²) >= 11 is 0. The Morgan fingerprint density at radius 1 is 1.33 bits per heavy atom. The standard InChI is InChI=1S/C19H26N2O3/c1-13(18-11-15-5-3-4-6-17(15)24-18)20-19(23)21(2)16-9-7-14(12-22)8-10-16/h3-6,11,13-14,16,22H,7-10,12H2,1-2H3,(H,20,23). The summed E-state index contributed by atoms with van der Waals surface area (Å²) in [6.07, 6.45) is 3.87. The lowest BCUT2D eigenvalue weighted by Crippen LogP contribution is -2.45. The number of nitrogens with zero attached hydrogens (tertiary/aromatic N) is 1. The minimum Gasteiger partial charge on any atom is -0.459 e. The molecule has 1 aromatic carbocycles. The van der Waals surface area contributed by atoms with Gasteiger partial charge in [-0.3, -0.25) is 0 Å². The molecule has 1 atom stereocenters. The molecule has 0 bridgehead atoms. The van der Waals surface area contributed by atoms with Crippen molar-refractivity contribution < 1.29 is 14.3 Å². The molecule has 130 valence electrons. The quantitative estimate of drug-likeness (QED) is 0.898. The van der Waals surface area contributed by atoms with Gasteiger partial charge in [-0.2, -0.15) is 0 Å². The van der Waals surface area contributed by atoms with Crippen LogP contribution in [0.15, 0.2) is 34.7 Å². The molecular formula is C19H26N2O3. The molecule has 1 saturated carbocycles. The summed E-state index contributed by atoms with van der Waals surface area (Å²) in [5.41, 5.74) is 0.837. The number of carbonyl (C=O) groups excluding carboxylic acids is 1. The molecule has 1 unspecified atom stereocenters. The number of aliphatic hydroxyl groups is 1. The molecule has 3 rings (SSSR count). The van der Waals surface area contributed by atoms with Crippen LogP contribution in [0, 0.1) is 5.92 Å². The summed E-state index contributed by atoms with van der Waals surface area (Å²) in [5.74, 6) is 1.16. The van der Waals surface area contributed by atoms with Gasteiger partial charge in [0.2, 0.25) is 0 Å². The summed E-state index contributed by atoms with van der Waals surface area (Å²) < 4.78 is 5.82. The zero-order valence-corrected chi connectivity index (χ0v) is 14.4. The number of fused-ring (bicyclic) bond motifs is 1. The van der Waals surface area contributed by atoms with Crippen LogP contribution in [0.4, 0.5) is 4.79 Å². The molecule has 0 aliphatic heterocycles. The summed E-state index contributed by atoms with van der Waals surface area (Å²) in [4.78, 5) is 14.3. The number of amides is 2. The van der Waals surface area contributed by atoms with Gasteiger partial charge < -0.3 is 19.7 Å². The average Bonchev–Trinajstić information content (AvgIpc) is 3.05. The van der Waals surface area contributed by atoms with E-state index in [9.17, 15) is 9.90 Å². The predicted octanol–water partition coefficient (Wildman–Crippen LogP) is 3.69. The molecule has 5 nitrogen and oxygen atoms in total. The first-order valence-corrected chi connectivity index (χ1v) is 8.71. The smallest absolute Gasteiger partial charge is 0.317 e. The number of nitrogens with one attached hydrogen (secondary N) is 1. The minimum atomic E-state index is -0.180. The topological polar surface area (TPSA) is 65.7 Å². The normalized spacial score (nSPS) is 22.3. The van der Waals surface area contributed by atoms with Crippen LogP contribution in [0.5, 0.6) is 0 Å². The number of benzene rings is 1. The SMILES string of the molecule is CC(NC(=O)N(C)C1CCC(CO)CC1)c1cc2ccccc2o1. The van der Waals surface area contributed by atoms with Crippen LogP contribution in [-0.4, -0.2) is 35.7 Å². The number of furan rings is 1. The largest absolute Gasteiger partial charge is 0.459 e. The van der Waals surface area contributed by atoms with Crippen molar-refractivity contribution in [2.24, 2.45) is 5.92 Å². The monoisotopic (exact) mass is 330 g/mol. The van der Waals surface area contributed by atoms with Gasteiger partial charge in [0.15, 0.2) is 0 Å². The Bertz CT molecular complexity index is 656. The van der Waals surface area contributed by atoms with E-state index < -0.39 is 0 Å². The van der Waals surface area contributed by atoms with E-state index >= 15 is 0 Å². The summed E-state index contributed by atoms with van der Waals surface area (Å²) in [6, 6.07) is 9.82.